The summed E-state index contributed by atoms with van der Waals surface area (Å²) in [6.45, 7) is 0.934. The number of nitrogens with zero attached hydrogens (tertiary/aromatic N) is 1. The minimum atomic E-state index is -0.274. The van der Waals surface area contributed by atoms with Crippen LogP contribution in [0.15, 0.2) is 24.3 Å². The van der Waals surface area contributed by atoms with Crippen molar-refractivity contribution >= 4 is 5.91 Å². The zero-order valence-corrected chi connectivity index (χ0v) is 12.8. The number of likely N-dealkylation sites (tertiary alicyclic amines) is 1. The molecule has 1 saturated carbocycles. The molecule has 0 unspecified atom stereocenters. The maximum absolute atomic E-state index is 12.9. The Morgan fingerprint density at radius 2 is 2.09 bits per heavy atom. The van der Waals surface area contributed by atoms with Crippen LogP contribution in [0, 0.1) is 11.7 Å². The molecule has 0 radical (unpaired) electrons. The molecule has 1 amide bonds. The van der Waals surface area contributed by atoms with Gasteiger partial charge in [0.1, 0.15) is 18.2 Å². The van der Waals surface area contributed by atoms with Crippen molar-refractivity contribution in [1.29, 1.82) is 0 Å². The number of hydrogen-bond acceptors (Lipinski definition) is 3. The molecular weight excluding hydrogens is 285 g/mol. The summed E-state index contributed by atoms with van der Waals surface area (Å²) in [6, 6.07) is 6.51. The number of hydrogen-bond donors (Lipinski definition) is 0. The zero-order valence-electron chi connectivity index (χ0n) is 12.8. The fourth-order valence-corrected chi connectivity index (χ4v) is 3.73. The van der Waals surface area contributed by atoms with Gasteiger partial charge >= 0.3 is 0 Å². The zero-order chi connectivity index (χ0) is 15.5. The maximum Gasteiger partial charge on any atom is 0.225 e. The van der Waals surface area contributed by atoms with Gasteiger partial charge in [-0.1, -0.05) is 0 Å². The van der Waals surface area contributed by atoms with Gasteiger partial charge in [-0.2, -0.15) is 0 Å². The van der Waals surface area contributed by atoms with Gasteiger partial charge in [0, 0.05) is 13.2 Å². The van der Waals surface area contributed by atoms with E-state index in [-0.39, 0.29) is 17.8 Å². The summed E-state index contributed by atoms with van der Waals surface area (Å²) in [6.07, 6.45) is 3.76. The van der Waals surface area contributed by atoms with Crippen molar-refractivity contribution in [3.05, 3.63) is 30.1 Å². The number of carbonyl (C=O) groups is 1. The number of ether oxygens (including phenoxy) is 2. The lowest BCUT2D eigenvalue weighted by molar-refractivity contribution is -0.137. The topological polar surface area (TPSA) is 38.8 Å². The van der Waals surface area contributed by atoms with Gasteiger partial charge in [0.2, 0.25) is 5.91 Å². The summed E-state index contributed by atoms with van der Waals surface area (Å²) in [4.78, 5) is 14.4. The van der Waals surface area contributed by atoms with Crippen LogP contribution in [-0.4, -0.2) is 43.2 Å². The Kier molecular flexibility index (Phi) is 4.62. The van der Waals surface area contributed by atoms with Crippen LogP contribution in [0.4, 0.5) is 4.39 Å². The fraction of sp³-hybridized carbons (Fsp3) is 0.588. The van der Waals surface area contributed by atoms with Crippen molar-refractivity contribution in [3.8, 4) is 5.75 Å². The second-order valence-electron chi connectivity index (χ2n) is 6.10. The molecule has 4 nitrogen and oxygen atoms in total. The molecule has 0 aromatic heterocycles. The molecule has 3 atom stereocenters. The van der Waals surface area contributed by atoms with Crippen molar-refractivity contribution in [2.45, 2.75) is 37.8 Å². The molecule has 3 rings (SSSR count). The van der Waals surface area contributed by atoms with Crippen LogP contribution < -0.4 is 4.74 Å². The van der Waals surface area contributed by atoms with Crippen molar-refractivity contribution < 1.29 is 18.7 Å². The van der Waals surface area contributed by atoms with Gasteiger partial charge in [-0.05, 0) is 49.4 Å². The molecule has 120 valence electrons. The Labute approximate surface area is 130 Å². The molecule has 1 saturated heterocycles. The molecule has 1 aliphatic carbocycles. The standard InChI is InChI=1S/C17H22FNO3/c1-21-9-8-17(20)19-14-5-2-12(10-14)16(19)11-22-15-6-3-13(18)4-7-15/h3-4,6-7,12,14,16H,2,5,8-11H2,1H3/t12-,14+,16+/m1/s1. The van der Waals surface area contributed by atoms with Crippen LogP contribution in [-0.2, 0) is 9.53 Å². The monoisotopic (exact) mass is 307 g/mol. The van der Waals surface area contributed by atoms with Crippen LogP contribution in [0.1, 0.15) is 25.7 Å². The van der Waals surface area contributed by atoms with Gasteiger partial charge in [-0.25, -0.2) is 4.39 Å². The Balaban J connectivity index is 1.62. The smallest absolute Gasteiger partial charge is 0.225 e. The van der Waals surface area contributed by atoms with E-state index in [2.05, 4.69) is 0 Å². The molecular formula is C17H22FNO3. The lowest BCUT2D eigenvalue weighted by Crippen LogP contribution is -2.48. The van der Waals surface area contributed by atoms with Gasteiger partial charge in [-0.15, -0.1) is 0 Å². The first kappa shape index (κ1) is 15.3. The molecule has 2 fully saturated rings. The number of fused-ring (bicyclic) bond motifs is 2. The molecule has 1 aliphatic heterocycles. The third kappa shape index (κ3) is 3.09. The number of piperidine rings is 1. The number of benzene rings is 1. The van der Waals surface area contributed by atoms with Crippen molar-refractivity contribution in [2.24, 2.45) is 5.92 Å². The van der Waals surface area contributed by atoms with E-state index < -0.39 is 0 Å². The fourth-order valence-electron chi connectivity index (χ4n) is 3.73. The van der Waals surface area contributed by atoms with E-state index in [1.807, 2.05) is 4.90 Å². The highest BCUT2D eigenvalue weighted by Gasteiger charge is 2.47. The number of rotatable bonds is 6. The SMILES string of the molecule is COCCC(=O)N1[C@H]2CC[C@H](C2)[C@@H]1COc1ccc(F)cc1. The largest absolute Gasteiger partial charge is 0.491 e. The van der Waals surface area contributed by atoms with Gasteiger partial charge in [0.05, 0.1) is 19.1 Å². The first-order valence-electron chi connectivity index (χ1n) is 7.87. The van der Waals surface area contributed by atoms with Gasteiger partial charge in [0.15, 0.2) is 0 Å². The summed E-state index contributed by atoms with van der Waals surface area (Å²) in [5, 5.41) is 0. The summed E-state index contributed by atoms with van der Waals surface area (Å²) < 4.78 is 23.7. The molecule has 2 bridgehead atoms. The molecule has 5 heteroatoms. The molecule has 1 heterocycles. The van der Waals surface area contributed by atoms with Crippen LogP contribution in [0.25, 0.3) is 0 Å². The van der Waals surface area contributed by atoms with Gasteiger partial charge in [0.25, 0.3) is 0 Å². The Morgan fingerprint density at radius 3 is 2.82 bits per heavy atom. The van der Waals surface area contributed by atoms with Crippen LogP contribution >= 0.6 is 0 Å². The van der Waals surface area contributed by atoms with E-state index in [9.17, 15) is 9.18 Å². The highest BCUT2D eigenvalue weighted by molar-refractivity contribution is 5.77. The average Bonchev–Trinajstić information content (AvgIpc) is 3.13. The van der Waals surface area contributed by atoms with Gasteiger partial charge < -0.3 is 14.4 Å². The first-order valence-corrected chi connectivity index (χ1v) is 7.87. The third-order valence-electron chi connectivity index (χ3n) is 4.78. The second kappa shape index (κ2) is 6.65. The Hall–Kier alpha value is -1.62. The van der Waals surface area contributed by atoms with Crippen molar-refractivity contribution in [3.63, 3.8) is 0 Å². The number of methoxy groups -OCH3 is 1. The molecule has 1 aromatic rings. The number of carbonyl (C=O) groups excluding carboxylic acids is 1. The highest BCUT2D eigenvalue weighted by atomic mass is 19.1. The predicted octanol–water partition coefficient (Wildman–Crippen LogP) is 2.62. The molecule has 1 aromatic carbocycles. The minimum Gasteiger partial charge on any atom is -0.491 e. The first-order chi connectivity index (χ1) is 10.7. The van der Waals surface area contributed by atoms with E-state index in [1.54, 1.807) is 19.2 Å². The number of halogens is 1. The minimum absolute atomic E-state index is 0.133. The highest BCUT2D eigenvalue weighted by Crippen LogP contribution is 2.42. The number of amides is 1. The molecule has 2 aliphatic rings. The van der Waals surface area contributed by atoms with E-state index in [4.69, 9.17) is 9.47 Å². The summed E-state index contributed by atoms with van der Waals surface area (Å²) in [5.41, 5.74) is 0. The Bertz CT molecular complexity index is 519. The Morgan fingerprint density at radius 1 is 1.32 bits per heavy atom. The molecule has 0 N–H and O–H groups in total. The lowest BCUT2D eigenvalue weighted by Gasteiger charge is -2.35. The second-order valence-corrected chi connectivity index (χ2v) is 6.10. The van der Waals surface area contributed by atoms with Crippen LogP contribution in [0.5, 0.6) is 5.75 Å². The lowest BCUT2D eigenvalue weighted by atomic mass is 9.99. The van der Waals surface area contributed by atoms with E-state index in [0.29, 0.717) is 37.3 Å². The summed E-state index contributed by atoms with van der Waals surface area (Å²) >= 11 is 0. The average molecular weight is 307 g/mol. The van der Waals surface area contributed by atoms with Crippen LogP contribution in [0.3, 0.4) is 0 Å². The third-order valence-corrected chi connectivity index (χ3v) is 4.78. The summed E-state index contributed by atoms with van der Waals surface area (Å²) in [5.74, 6) is 1.05. The summed E-state index contributed by atoms with van der Waals surface area (Å²) in [7, 11) is 1.61. The van der Waals surface area contributed by atoms with E-state index in [1.165, 1.54) is 12.1 Å². The van der Waals surface area contributed by atoms with E-state index >= 15 is 0 Å². The van der Waals surface area contributed by atoms with Gasteiger partial charge in [-0.3, -0.25) is 4.79 Å². The van der Waals surface area contributed by atoms with E-state index in [0.717, 1.165) is 19.3 Å². The predicted molar refractivity (Wildman–Crippen MR) is 80.2 cm³/mol. The van der Waals surface area contributed by atoms with Crippen molar-refractivity contribution in [2.75, 3.05) is 20.3 Å². The maximum atomic E-state index is 12.9. The molecule has 0 spiro atoms. The molecule has 22 heavy (non-hydrogen) atoms. The normalized spacial score (nSPS) is 26.5. The van der Waals surface area contributed by atoms with Crippen molar-refractivity contribution in [1.82, 2.24) is 4.90 Å². The quantitative estimate of drug-likeness (QED) is 0.811. The van der Waals surface area contributed by atoms with Crippen LogP contribution in [0.2, 0.25) is 0 Å².